The summed E-state index contributed by atoms with van der Waals surface area (Å²) in [4.78, 5) is 10.2. The van der Waals surface area contributed by atoms with Crippen molar-refractivity contribution in [2.45, 2.75) is 58.3 Å². The van der Waals surface area contributed by atoms with Crippen molar-refractivity contribution in [1.29, 1.82) is 0 Å². The highest BCUT2D eigenvalue weighted by Gasteiger charge is 1.95. The molecule has 0 aliphatic rings. The molecule has 0 aromatic carbocycles. The SMILES string of the molecule is CC=CC/C=C\CCCCCCCC(=O)O. The average Bonchev–Trinajstić information content (AvgIpc) is 2.25. The number of carbonyl (C=O) groups is 1. The van der Waals surface area contributed by atoms with Crippen LogP contribution in [0.1, 0.15) is 58.3 Å². The van der Waals surface area contributed by atoms with Crippen LogP contribution in [0.15, 0.2) is 24.3 Å². The van der Waals surface area contributed by atoms with Crippen LogP contribution < -0.4 is 0 Å². The van der Waals surface area contributed by atoms with Gasteiger partial charge in [0.15, 0.2) is 0 Å². The normalized spacial score (nSPS) is 11.6. The van der Waals surface area contributed by atoms with Gasteiger partial charge in [-0.15, -0.1) is 0 Å². The summed E-state index contributed by atoms with van der Waals surface area (Å²) in [7, 11) is 0. The van der Waals surface area contributed by atoms with Gasteiger partial charge in [-0.1, -0.05) is 43.6 Å². The Bertz CT molecular complexity index is 217. The molecule has 92 valence electrons. The second-order valence-corrected chi connectivity index (χ2v) is 3.98. The van der Waals surface area contributed by atoms with E-state index in [1.807, 2.05) is 6.92 Å². The molecule has 0 rings (SSSR count). The van der Waals surface area contributed by atoms with Crippen LogP contribution in [0.5, 0.6) is 0 Å². The molecule has 0 aromatic rings. The maximum absolute atomic E-state index is 10.2. The van der Waals surface area contributed by atoms with Crippen molar-refractivity contribution in [2.24, 2.45) is 0 Å². The summed E-state index contributed by atoms with van der Waals surface area (Å²) in [6.45, 7) is 2.03. The third-order valence-electron chi connectivity index (χ3n) is 2.44. The number of hydrogen-bond donors (Lipinski definition) is 1. The molecular weight excluding hydrogens is 200 g/mol. The molecule has 0 bridgehead atoms. The second-order valence-electron chi connectivity index (χ2n) is 3.98. The Morgan fingerprint density at radius 2 is 1.69 bits per heavy atom. The summed E-state index contributed by atoms with van der Waals surface area (Å²) in [6, 6.07) is 0. The van der Waals surface area contributed by atoms with Crippen molar-refractivity contribution in [3.05, 3.63) is 24.3 Å². The van der Waals surface area contributed by atoms with Crippen LogP contribution in [0.2, 0.25) is 0 Å². The fraction of sp³-hybridized carbons (Fsp3) is 0.643. The molecule has 0 atom stereocenters. The molecule has 0 aliphatic heterocycles. The van der Waals surface area contributed by atoms with E-state index in [1.165, 1.54) is 12.8 Å². The summed E-state index contributed by atoms with van der Waals surface area (Å²) >= 11 is 0. The van der Waals surface area contributed by atoms with Crippen LogP contribution in [0.3, 0.4) is 0 Å². The first-order valence-electron chi connectivity index (χ1n) is 6.25. The maximum Gasteiger partial charge on any atom is 0.303 e. The quantitative estimate of drug-likeness (QED) is 0.443. The van der Waals surface area contributed by atoms with E-state index < -0.39 is 5.97 Å². The van der Waals surface area contributed by atoms with Crippen molar-refractivity contribution < 1.29 is 9.90 Å². The molecule has 2 nitrogen and oxygen atoms in total. The van der Waals surface area contributed by atoms with Gasteiger partial charge in [0.05, 0.1) is 0 Å². The van der Waals surface area contributed by atoms with Crippen LogP contribution in [0.4, 0.5) is 0 Å². The third kappa shape index (κ3) is 12.9. The van der Waals surface area contributed by atoms with Gasteiger partial charge in [-0.25, -0.2) is 0 Å². The predicted molar refractivity (Wildman–Crippen MR) is 68.5 cm³/mol. The summed E-state index contributed by atoms with van der Waals surface area (Å²) < 4.78 is 0. The lowest BCUT2D eigenvalue weighted by molar-refractivity contribution is -0.137. The van der Waals surface area contributed by atoms with Gasteiger partial charge in [-0.05, 0) is 32.6 Å². The van der Waals surface area contributed by atoms with Gasteiger partial charge >= 0.3 is 5.97 Å². The van der Waals surface area contributed by atoms with Gasteiger partial charge in [-0.2, -0.15) is 0 Å². The Balaban J connectivity index is 3.09. The molecular formula is C14H24O2. The summed E-state index contributed by atoms with van der Waals surface area (Å²) in [5, 5.41) is 8.44. The zero-order valence-corrected chi connectivity index (χ0v) is 10.3. The van der Waals surface area contributed by atoms with Crippen molar-refractivity contribution in [3.8, 4) is 0 Å². The minimum absolute atomic E-state index is 0.323. The van der Waals surface area contributed by atoms with E-state index in [0.29, 0.717) is 6.42 Å². The van der Waals surface area contributed by atoms with Crippen LogP contribution >= 0.6 is 0 Å². The maximum atomic E-state index is 10.2. The fourth-order valence-electron chi connectivity index (χ4n) is 1.50. The zero-order valence-electron chi connectivity index (χ0n) is 10.3. The summed E-state index contributed by atoms with van der Waals surface area (Å²) in [6.07, 6.45) is 16.6. The van der Waals surface area contributed by atoms with Crippen LogP contribution in [0.25, 0.3) is 0 Å². The van der Waals surface area contributed by atoms with E-state index in [2.05, 4.69) is 24.3 Å². The Morgan fingerprint density at radius 3 is 2.38 bits per heavy atom. The summed E-state index contributed by atoms with van der Waals surface area (Å²) in [5.74, 6) is -0.674. The van der Waals surface area contributed by atoms with E-state index >= 15 is 0 Å². The first-order chi connectivity index (χ1) is 7.77. The Labute approximate surface area is 99.1 Å². The van der Waals surface area contributed by atoms with Gasteiger partial charge in [0.2, 0.25) is 0 Å². The molecule has 0 saturated carbocycles. The molecule has 0 spiro atoms. The molecule has 2 heteroatoms. The lowest BCUT2D eigenvalue weighted by atomic mass is 10.1. The van der Waals surface area contributed by atoms with E-state index in [-0.39, 0.29) is 0 Å². The van der Waals surface area contributed by atoms with Gasteiger partial charge in [0.25, 0.3) is 0 Å². The number of allylic oxidation sites excluding steroid dienone is 4. The monoisotopic (exact) mass is 224 g/mol. The highest BCUT2D eigenvalue weighted by atomic mass is 16.4. The van der Waals surface area contributed by atoms with E-state index in [9.17, 15) is 4.79 Å². The molecule has 16 heavy (non-hydrogen) atoms. The van der Waals surface area contributed by atoms with Gasteiger partial charge in [0, 0.05) is 6.42 Å². The number of rotatable bonds is 10. The predicted octanol–water partition coefficient (Wildman–Crippen LogP) is 4.32. The van der Waals surface area contributed by atoms with Crippen molar-refractivity contribution in [1.82, 2.24) is 0 Å². The molecule has 0 fully saturated rings. The number of carboxylic acid groups (broad SMARTS) is 1. The molecule has 0 amide bonds. The highest BCUT2D eigenvalue weighted by molar-refractivity contribution is 5.66. The first kappa shape index (κ1) is 14.9. The Hall–Kier alpha value is -1.05. The van der Waals surface area contributed by atoms with E-state index in [4.69, 9.17) is 5.11 Å². The van der Waals surface area contributed by atoms with Crippen molar-refractivity contribution in [2.75, 3.05) is 0 Å². The Kier molecular flexibility index (Phi) is 11.2. The molecule has 0 aromatic heterocycles. The largest absolute Gasteiger partial charge is 0.481 e. The Morgan fingerprint density at radius 1 is 1.00 bits per heavy atom. The topological polar surface area (TPSA) is 37.3 Å². The number of carboxylic acids is 1. The highest BCUT2D eigenvalue weighted by Crippen LogP contribution is 2.07. The minimum atomic E-state index is -0.674. The lowest BCUT2D eigenvalue weighted by Gasteiger charge is -1.97. The molecule has 0 radical (unpaired) electrons. The zero-order chi connectivity index (χ0) is 12.1. The lowest BCUT2D eigenvalue weighted by Crippen LogP contribution is -1.93. The number of unbranched alkanes of at least 4 members (excludes halogenated alkanes) is 5. The average molecular weight is 224 g/mol. The second kappa shape index (κ2) is 12.0. The van der Waals surface area contributed by atoms with Crippen molar-refractivity contribution >= 4 is 5.97 Å². The molecule has 0 saturated heterocycles. The third-order valence-corrected chi connectivity index (χ3v) is 2.44. The fourth-order valence-corrected chi connectivity index (χ4v) is 1.50. The first-order valence-corrected chi connectivity index (χ1v) is 6.25. The standard InChI is InChI=1S/C14H24O2/c1-2-3-4-5-6-7-8-9-10-11-12-13-14(15)16/h2-3,5-6H,4,7-13H2,1H3,(H,15,16)/b3-2?,6-5-. The minimum Gasteiger partial charge on any atom is -0.481 e. The number of hydrogen-bond acceptors (Lipinski definition) is 1. The number of aliphatic carboxylic acids is 1. The van der Waals surface area contributed by atoms with Crippen LogP contribution in [-0.4, -0.2) is 11.1 Å². The van der Waals surface area contributed by atoms with Crippen LogP contribution in [0, 0.1) is 0 Å². The molecule has 0 heterocycles. The van der Waals surface area contributed by atoms with Crippen LogP contribution in [-0.2, 0) is 4.79 Å². The summed E-state index contributed by atoms with van der Waals surface area (Å²) in [5.41, 5.74) is 0. The molecule has 0 unspecified atom stereocenters. The van der Waals surface area contributed by atoms with Gasteiger partial charge in [-0.3, -0.25) is 4.79 Å². The van der Waals surface area contributed by atoms with Gasteiger partial charge < -0.3 is 5.11 Å². The van der Waals surface area contributed by atoms with Crippen molar-refractivity contribution in [3.63, 3.8) is 0 Å². The van der Waals surface area contributed by atoms with E-state index in [1.54, 1.807) is 0 Å². The van der Waals surface area contributed by atoms with Gasteiger partial charge in [0.1, 0.15) is 0 Å². The van der Waals surface area contributed by atoms with E-state index in [0.717, 1.165) is 32.1 Å². The smallest absolute Gasteiger partial charge is 0.303 e. The molecule has 1 N–H and O–H groups in total. The molecule has 0 aliphatic carbocycles.